The third kappa shape index (κ3) is 1.75. The molecule has 0 amide bonds. The Morgan fingerprint density at radius 3 is 2.61 bits per heavy atom. The molecule has 0 spiro atoms. The maximum Gasteiger partial charge on any atom is 0.146 e. The molecule has 0 aliphatic carbocycles. The molecular weight excluding hydrogens is 288 g/mol. The van der Waals surface area contributed by atoms with E-state index < -0.39 is 0 Å². The highest BCUT2D eigenvalue weighted by Crippen LogP contribution is 2.28. The minimum atomic E-state index is 0.890. The Hall–Kier alpha value is -1.61. The van der Waals surface area contributed by atoms with Gasteiger partial charge in [-0.2, -0.15) is 0 Å². The number of rotatable bonds is 1. The van der Waals surface area contributed by atoms with Gasteiger partial charge in [-0.3, -0.25) is 4.40 Å². The fraction of sp³-hybridized carbons (Fsp3) is 0.133. The van der Waals surface area contributed by atoms with Gasteiger partial charge in [-0.1, -0.05) is 30.3 Å². The van der Waals surface area contributed by atoms with Gasteiger partial charge in [-0.25, -0.2) is 4.98 Å². The van der Waals surface area contributed by atoms with Gasteiger partial charge in [0.1, 0.15) is 10.4 Å². The van der Waals surface area contributed by atoms with Crippen LogP contribution in [0.3, 0.4) is 0 Å². The third-order valence-corrected chi connectivity index (χ3v) is 3.71. The smallest absolute Gasteiger partial charge is 0.146 e. The van der Waals surface area contributed by atoms with Crippen LogP contribution >= 0.6 is 15.9 Å². The summed E-state index contributed by atoms with van der Waals surface area (Å²) in [7, 11) is 0. The monoisotopic (exact) mass is 300 g/mol. The second-order valence-electron chi connectivity index (χ2n) is 4.50. The molecule has 0 N–H and O–H groups in total. The Balaban J connectivity index is 2.36. The van der Waals surface area contributed by atoms with Crippen LogP contribution in [0.4, 0.5) is 0 Å². The second-order valence-corrected chi connectivity index (χ2v) is 5.25. The summed E-state index contributed by atoms with van der Waals surface area (Å²) in [4.78, 5) is 4.64. The van der Waals surface area contributed by atoms with Gasteiger partial charge in [0, 0.05) is 11.8 Å². The van der Waals surface area contributed by atoms with Crippen molar-refractivity contribution in [2.75, 3.05) is 0 Å². The molecule has 0 fully saturated rings. The normalized spacial score (nSPS) is 11.1. The highest BCUT2D eigenvalue weighted by atomic mass is 79.9. The summed E-state index contributed by atoms with van der Waals surface area (Å²) in [6.45, 7) is 4.20. The first-order valence-electron chi connectivity index (χ1n) is 5.87. The first kappa shape index (κ1) is 11.5. The molecule has 2 aromatic heterocycles. The van der Waals surface area contributed by atoms with E-state index in [0.717, 1.165) is 15.9 Å². The Morgan fingerprint density at radius 1 is 1.06 bits per heavy atom. The molecule has 3 heteroatoms. The van der Waals surface area contributed by atoms with Gasteiger partial charge in [0.25, 0.3) is 0 Å². The largest absolute Gasteiger partial charge is 0.298 e. The highest BCUT2D eigenvalue weighted by Gasteiger charge is 2.12. The number of hydrogen-bond acceptors (Lipinski definition) is 1. The van der Waals surface area contributed by atoms with Crippen molar-refractivity contribution in [2.24, 2.45) is 0 Å². The van der Waals surface area contributed by atoms with Crippen molar-refractivity contribution in [3.63, 3.8) is 0 Å². The molecule has 0 radical (unpaired) electrons. The van der Waals surface area contributed by atoms with Crippen molar-refractivity contribution in [2.45, 2.75) is 13.8 Å². The summed E-state index contributed by atoms with van der Waals surface area (Å²) in [5, 5.41) is 0. The third-order valence-electron chi connectivity index (χ3n) is 3.13. The zero-order valence-electron chi connectivity index (χ0n) is 10.3. The lowest BCUT2D eigenvalue weighted by Crippen LogP contribution is -1.92. The van der Waals surface area contributed by atoms with Gasteiger partial charge >= 0.3 is 0 Å². The van der Waals surface area contributed by atoms with Crippen LogP contribution in [0.15, 0.2) is 47.2 Å². The van der Waals surface area contributed by atoms with Crippen LogP contribution < -0.4 is 0 Å². The van der Waals surface area contributed by atoms with E-state index in [4.69, 9.17) is 0 Å². The predicted octanol–water partition coefficient (Wildman–Crippen LogP) is 4.38. The SMILES string of the molecule is Cc1ccc2c(Br)nc(-c3ccccc3C)n2c1. The maximum absolute atomic E-state index is 4.64. The molecule has 0 aliphatic rings. The molecule has 1 aromatic carbocycles. The number of halogens is 1. The van der Waals surface area contributed by atoms with E-state index in [2.05, 4.69) is 75.7 Å². The number of benzene rings is 1. The summed E-state index contributed by atoms with van der Waals surface area (Å²) in [5.41, 5.74) is 4.73. The van der Waals surface area contributed by atoms with Crippen molar-refractivity contribution < 1.29 is 0 Å². The lowest BCUT2D eigenvalue weighted by molar-refractivity contribution is 1.13. The van der Waals surface area contributed by atoms with E-state index in [1.165, 1.54) is 16.7 Å². The molecule has 0 saturated carbocycles. The minimum Gasteiger partial charge on any atom is -0.298 e. The van der Waals surface area contributed by atoms with Crippen molar-refractivity contribution in [1.82, 2.24) is 9.38 Å². The summed E-state index contributed by atoms with van der Waals surface area (Å²) in [5.74, 6) is 0.985. The van der Waals surface area contributed by atoms with Crippen LogP contribution in [-0.4, -0.2) is 9.38 Å². The van der Waals surface area contributed by atoms with Gasteiger partial charge < -0.3 is 0 Å². The van der Waals surface area contributed by atoms with Crippen LogP contribution in [0.25, 0.3) is 16.9 Å². The minimum absolute atomic E-state index is 0.890. The van der Waals surface area contributed by atoms with E-state index in [1.54, 1.807) is 0 Å². The molecule has 0 atom stereocenters. The number of nitrogens with zero attached hydrogens (tertiary/aromatic N) is 2. The topological polar surface area (TPSA) is 17.3 Å². The molecule has 3 rings (SSSR count). The Labute approximate surface area is 114 Å². The fourth-order valence-electron chi connectivity index (χ4n) is 2.17. The number of aryl methyl sites for hydroxylation is 2. The average molecular weight is 301 g/mol. The van der Waals surface area contributed by atoms with Gasteiger partial charge in [-0.05, 0) is 47.0 Å². The first-order valence-corrected chi connectivity index (χ1v) is 6.66. The lowest BCUT2D eigenvalue weighted by atomic mass is 10.1. The van der Waals surface area contributed by atoms with Crippen molar-refractivity contribution in [1.29, 1.82) is 0 Å². The lowest BCUT2D eigenvalue weighted by Gasteiger charge is -2.05. The van der Waals surface area contributed by atoms with E-state index in [9.17, 15) is 0 Å². The Bertz CT molecular complexity index is 728. The van der Waals surface area contributed by atoms with Gasteiger partial charge in [0.15, 0.2) is 0 Å². The van der Waals surface area contributed by atoms with Gasteiger partial charge in [0.05, 0.1) is 5.52 Å². The zero-order chi connectivity index (χ0) is 12.7. The molecule has 3 aromatic rings. The number of hydrogen-bond donors (Lipinski definition) is 0. The fourth-order valence-corrected chi connectivity index (χ4v) is 2.66. The standard InChI is InChI=1S/C15H13BrN2/c1-10-7-8-13-14(16)17-15(18(13)9-10)12-6-4-3-5-11(12)2/h3-9H,1-2H3. The predicted molar refractivity (Wildman–Crippen MR) is 77.8 cm³/mol. The molecule has 0 unspecified atom stereocenters. The quantitative estimate of drug-likeness (QED) is 0.652. The van der Waals surface area contributed by atoms with E-state index in [-0.39, 0.29) is 0 Å². The summed E-state index contributed by atoms with van der Waals surface area (Å²) in [6, 6.07) is 12.5. The van der Waals surface area contributed by atoms with Crippen molar-refractivity contribution >= 4 is 21.4 Å². The molecule has 0 bridgehead atoms. The highest BCUT2D eigenvalue weighted by molar-refractivity contribution is 9.10. The molecule has 18 heavy (non-hydrogen) atoms. The summed E-state index contributed by atoms with van der Waals surface area (Å²) < 4.78 is 3.03. The second kappa shape index (κ2) is 4.25. The van der Waals surface area contributed by atoms with Crippen LogP contribution in [-0.2, 0) is 0 Å². The number of aromatic nitrogens is 2. The van der Waals surface area contributed by atoms with Crippen LogP contribution in [0, 0.1) is 13.8 Å². The zero-order valence-corrected chi connectivity index (χ0v) is 11.9. The number of imidazole rings is 1. The summed E-state index contributed by atoms with van der Waals surface area (Å²) >= 11 is 3.53. The molecule has 2 nitrogen and oxygen atoms in total. The molecule has 0 aliphatic heterocycles. The molecular formula is C15H13BrN2. The van der Waals surface area contributed by atoms with Crippen LogP contribution in [0.1, 0.15) is 11.1 Å². The Morgan fingerprint density at radius 2 is 1.83 bits per heavy atom. The number of pyridine rings is 1. The van der Waals surface area contributed by atoms with Crippen molar-refractivity contribution in [3.8, 4) is 11.4 Å². The summed E-state index contributed by atoms with van der Waals surface area (Å²) in [6.07, 6.45) is 2.12. The van der Waals surface area contributed by atoms with Gasteiger partial charge in [-0.15, -0.1) is 0 Å². The Kier molecular flexibility index (Phi) is 2.71. The van der Waals surface area contributed by atoms with Crippen LogP contribution in [0.2, 0.25) is 0 Å². The van der Waals surface area contributed by atoms with E-state index >= 15 is 0 Å². The van der Waals surface area contributed by atoms with E-state index in [0.29, 0.717) is 0 Å². The molecule has 2 heterocycles. The molecule has 0 saturated heterocycles. The number of fused-ring (bicyclic) bond motifs is 1. The average Bonchev–Trinajstić information content (AvgIpc) is 2.67. The van der Waals surface area contributed by atoms with E-state index in [1.807, 2.05) is 6.07 Å². The van der Waals surface area contributed by atoms with Crippen molar-refractivity contribution in [3.05, 3.63) is 58.3 Å². The van der Waals surface area contributed by atoms with Crippen LogP contribution in [0.5, 0.6) is 0 Å². The van der Waals surface area contributed by atoms with Gasteiger partial charge in [0.2, 0.25) is 0 Å². The molecule has 90 valence electrons. The maximum atomic E-state index is 4.64. The first-order chi connectivity index (χ1) is 8.66.